The highest BCUT2D eigenvalue weighted by Crippen LogP contribution is 2.44. The first kappa shape index (κ1) is 31.0. The van der Waals surface area contributed by atoms with Crippen molar-refractivity contribution in [1.29, 1.82) is 0 Å². The van der Waals surface area contributed by atoms with Crippen LogP contribution in [0.4, 0.5) is 10.5 Å². The fraction of sp³-hybridized carbons (Fsp3) is 0.371. The third-order valence-electron chi connectivity index (χ3n) is 8.46. The number of likely N-dealkylation sites (tertiary alicyclic amines) is 1. The maximum atomic E-state index is 13.2. The SMILES string of the molecule is Cc1c(Cl)cccc1C1(N(COCC[Si](C)(C)C)c2ccc3cccnc3c2)CCN(C(=O)OCc2ccccc2)CC1. The Morgan fingerprint density at radius 1 is 1.00 bits per heavy atom. The minimum Gasteiger partial charge on any atom is -0.445 e. The Morgan fingerprint density at radius 3 is 2.51 bits per heavy atom. The lowest BCUT2D eigenvalue weighted by molar-refractivity contribution is 0.0663. The molecule has 43 heavy (non-hydrogen) atoms. The molecule has 3 aromatic carbocycles. The Hall–Kier alpha value is -3.39. The number of amides is 1. The van der Waals surface area contributed by atoms with E-state index < -0.39 is 13.6 Å². The summed E-state index contributed by atoms with van der Waals surface area (Å²) >= 11 is 6.74. The number of piperidine rings is 1. The van der Waals surface area contributed by atoms with Gasteiger partial charge in [0.25, 0.3) is 0 Å². The van der Waals surface area contributed by atoms with Crippen molar-refractivity contribution < 1.29 is 14.3 Å². The van der Waals surface area contributed by atoms with E-state index in [-0.39, 0.29) is 12.7 Å². The molecule has 1 saturated heterocycles. The molecule has 8 heteroatoms. The summed E-state index contributed by atoms with van der Waals surface area (Å²) in [6.07, 6.45) is 2.95. The Kier molecular flexibility index (Phi) is 9.74. The van der Waals surface area contributed by atoms with Gasteiger partial charge in [0, 0.05) is 50.1 Å². The number of aromatic nitrogens is 1. The van der Waals surface area contributed by atoms with Crippen LogP contribution in [0.3, 0.4) is 0 Å². The highest BCUT2D eigenvalue weighted by molar-refractivity contribution is 6.76. The molecule has 0 aliphatic carbocycles. The predicted octanol–water partition coefficient (Wildman–Crippen LogP) is 8.64. The number of carbonyl (C=O) groups excluding carboxylic acids is 1. The predicted molar refractivity (Wildman–Crippen MR) is 178 cm³/mol. The smallest absolute Gasteiger partial charge is 0.410 e. The molecular formula is C35H42ClN3O3Si. The van der Waals surface area contributed by atoms with Gasteiger partial charge in [-0.05, 0) is 66.8 Å². The van der Waals surface area contributed by atoms with Crippen LogP contribution in [-0.2, 0) is 21.6 Å². The van der Waals surface area contributed by atoms with Gasteiger partial charge < -0.3 is 19.3 Å². The van der Waals surface area contributed by atoms with Crippen LogP contribution in [0, 0.1) is 6.92 Å². The van der Waals surface area contributed by atoms with Crippen molar-refractivity contribution in [1.82, 2.24) is 9.88 Å². The highest BCUT2D eigenvalue weighted by atomic mass is 35.5. The largest absolute Gasteiger partial charge is 0.445 e. The topological polar surface area (TPSA) is 54.9 Å². The number of hydrogen-bond donors (Lipinski definition) is 0. The van der Waals surface area contributed by atoms with Crippen molar-refractivity contribution in [2.24, 2.45) is 0 Å². The van der Waals surface area contributed by atoms with E-state index in [1.807, 2.05) is 59.6 Å². The molecule has 226 valence electrons. The van der Waals surface area contributed by atoms with E-state index in [1.165, 1.54) is 0 Å². The number of rotatable bonds is 10. The number of ether oxygens (including phenoxy) is 2. The standard InChI is InChI=1S/C35H42ClN3O3Si/c1-27-31(13-8-14-32(27)36)35(17-20-38(21-18-35)34(40)42-25-28-10-6-5-7-11-28)39(26-41-22-23-43(2,3)4)30-16-15-29-12-9-19-37-33(29)24-30/h5-16,19,24H,17-18,20-23,25-26H2,1-4H3. The maximum absolute atomic E-state index is 13.2. The van der Waals surface area contributed by atoms with Crippen molar-refractivity contribution in [3.8, 4) is 0 Å². The third kappa shape index (κ3) is 7.40. The monoisotopic (exact) mass is 615 g/mol. The van der Waals surface area contributed by atoms with Gasteiger partial charge in [-0.1, -0.05) is 85.8 Å². The van der Waals surface area contributed by atoms with Gasteiger partial charge in [-0.3, -0.25) is 4.98 Å². The average molecular weight is 616 g/mol. The highest BCUT2D eigenvalue weighted by Gasteiger charge is 2.44. The second kappa shape index (κ2) is 13.5. The van der Waals surface area contributed by atoms with E-state index in [1.54, 1.807) is 0 Å². The van der Waals surface area contributed by atoms with E-state index in [0.717, 1.165) is 44.3 Å². The van der Waals surface area contributed by atoms with Gasteiger partial charge in [0.2, 0.25) is 0 Å². The maximum Gasteiger partial charge on any atom is 0.410 e. The van der Waals surface area contributed by atoms with Gasteiger partial charge in [-0.2, -0.15) is 0 Å². The summed E-state index contributed by atoms with van der Waals surface area (Å²) in [4.78, 5) is 22.0. The average Bonchev–Trinajstić information content (AvgIpc) is 3.01. The van der Waals surface area contributed by atoms with E-state index in [0.29, 0.717) is 39.3 Å². The minimum atomic E-state index is -1.27. The fourth-order valence-corrected chi connectivity index (χ4v) is 6.80. The second-order valence-electron chi connectivity index (χ2n) is 12.6. The van der Waals surface area contributed by atoms with Crippen molar-refractivity contribution in [3.05, 3.63) is 107 Å². The van der Waals surface area contributed by atoms with Crippen molar-refractivity contribution in [2.75, 3.05) is 31.3 Å². The first-order chi connectivity index (χ1) is 20.7. The molecule has 1 amide bonds. The molecule has 0 N–H and O–H groups in total. The summed E-state index contributed by atoms with van der Waals surface area (Å²) in [5.74, 6) is 0. The number of halogens is 1. The summed E-state index contributed by atoms with van der Waals surface area (Å²) in [6.45, 7) is 11.7. The van der Waals surface area contributed by atoms with Gasteiger partial charge in [0.05, 0.1) is 11.1 Å². The molecule has 2 heterocycles. The first-order valence-electron chi connectivity index (χ1n) is 15.1. The zero-order valence-corrected chi connectivity index (χ0v) is 27.4. The molecule has 4 aromatic rings. The molecule has 0 bridgehead atoms. The van der Waals surface area contributed by atoms with Gasteiger partial charge in [0.1, 0.15) is 13.3 Å². The van der Waals surface area contributed by atoms with Crippen LogP contribution >= 0.6 is 11.6 Å². The molecule has 1 aliphatic heterocycles. The lowest BCUT2D eigenvalue weighted by atomic mass is 9.77. The van der Waals surface area contributed by atoms with E-state index in [4.69, 9.17) is 21.1 Å². The number of carbonyl (C=O) groups is 1. The zero-order valence-electron chi connectivity index (χ0n) is 25.7. The number of hydrogen-bond acceptors (Lipinski definition) is 5. The Morgan fingerprint density at radius 2 is 1.77 bits per heavy atom. The molecular weight excluding hydrogens is 574 g/mol. The Bertz CT molecular complexity index is 1530. The van der Waals surface area contributed by atoms with Crippen molar-refractivity contribution in [3.63, 3.8) is 0 Å². The summed E-state index contributed by atoms with van der Waals surface area (Å²) in [5, 5.41) is 1.83. The summed E-state index contributed by atoms with van der Waals surface area (Å²) in [6, 6.07) is 27.5. The molecule has 0 saturated carbocycles. The summed E-state index contributed by atoms with van der Waals surface area (Å²) in [7, 11) is -1.27. The number of nitrogens with zero attached hydrogens (tertiary/aromatic N) is 3. The lowest BCUT2D eigenvalue weighted by Crippen LogP contribution is -2.55. The van der Waals surface area contributed by atoms with Gasteiger partial charge in [-0.25, -0.2) is 4.79 Å². The van der Waals surface area contributed by atoms with Gasteiger partial charge in [0.15, 0.2) is 0 Å². The van der Waals surface area contributed by atoms with Crippen LogP contribution in [0.2, 0.25) is 30.7 Å². The molecule has 0 unspecified atom stereocenters. The fourth-order valence-electron chi connectivity index (χ4n) is 5.87. The number of benzene rings is 3. The van der Waals surface area contributed by atoms with Crippen LogP contribution in [0.1, 0.15) is 29.5 Å². The minimum absolute atomic E-state index is 0.260. The van der Waals surface area contributed by atoms with E-state index >= 15 is 0 Å². The molecule has 5 rings (SSSR count). The van der Waals surface area contributed by atoms with E-state index in [2.05, 4.69) is 66.8 Å². The Balaban J connectivity index is 1.47. The molecule has 1 aromatic heterocycles. The lowest BCUT2D eigenvalue weighted by Gasteiger charge is -2.50. The zero-order chi connectivity index (χ0) is 30.5. The summed E-state index contributed by atoms with van der Waals surface area (Å²) < 4.78 is 12.2. The van der Waals surface area contributed by atoms with Crippen LogP contribution < -0.4 is 4.90 Å². The normalized spacial score (nSPS) is 15.0. The third-order valence-corrected chi connectivity index (χ3v) is 10.6. The second-order valence-corrected chi connectivity index (χ2v) is 18.7. The molecule has 0 radical (unpaired) electrons. The number of fused-ring (bicyclic) bond motifs is 1. The van der Waals surface area contributed by atoms with Crippen molar-refractivity contribution >= 4 is 42.4 Å². The molecule has 1 fully saturated rings. The summed E-state index contributed by atoms with van der Waals surface area (Å²) in [5.41, 5.74) is 4.71. The van der Waals surface area contributed by atoms with E-state index in [9.17, 15) is 4.79 Å². The van der Waals surface area contributed by atoms with Crippen molar-refractivity contribution in [2.45, 2.75) is 57.6 Å². The molecule has 0 atom stereocenters. The van der Waals surface area contributed by atoms with Crippen LogP contribution in [0.5, 0.6) is 0 Å². The van der Waals surface area contributed by atoms with Crippen LogP contribution in [0.15, 0.2) is 85.1 Å². The molecule has 6 nitrogen and oxygen atoms in total. The molecule has 0 spiro atoms. The Labute approximate surface area is 261 Å². The quantitative estimate of drug-likeness (QED) is 0.101. The number of anilines is 1. The van der Waals surface area contributed by atoms with Crippen LogP contribution in [-0.4, -0.2) is 50.5 Å². The van der Waals surface area contributed by atoms with Crippen LogP contribution in [0.25, 0.3) is 10.9 Å². The number of pyridine rings is 1. The van der Waals surface area contributed by atoms with Gasteiger partial charge in [-0.15, -0.1) is 0 Å². The first-order valence-corrected chi connectivity index (χ1v) is 19.2. The molecule has 1 aliphatic rings. The van der Waals surface area contributed by atoms with Gasteiger partial charge >= 0.3 is 6.09 Å².